The van der Waals surface area contributed by atoms with E-state index in [1.54, 1.807) is 0 Å². The van der Waals surface area contributed by atoms with Gasteiger partial charge in [0.25, 0.3) is 0 Å². The number of hydrogen-bond acceptors (Lipinski definition) is 3. The van der Waals surface area contributed by atoms with Gasteiger partial charge in [0.05, 0.1) is 18.3 Å². The lowest BCUT2D eigenvalue weighted by atomic mass is 10.2. The van der Waals surface area contributed by atoms with E-state index >= 15 is 0 Å². The third kappa shape index (κ3) is 3.37. The Morgan fingerprint density at radius 2 is 2.00 bits per heavy atom. The smallest absolute Gasteiger partial charge is 0.142 e. The second-order valence-corrected chi connectivity index (χ2v) is 10.2. The molecule has 0 aliphatic carbocycles. The van der Waals surface area contributed by atoms with Gasteiger partial charge in [0.1, 0.15) is 12.4 Å². The summed E-state index contributed by atoms with van der Waals surface area (Å²) in [7, 11) is -1.07. The van der Waals surface area contributed by atoms with Crippen molar-refractivity contribution in [2.45, 2.75) is 31.6 Å². The molecule has 1 unspecified atom stereocenters. The fourth-order valence-electron chi connectivity index (χ4n) is 1.68. The largest absolute Gasteiger partial charge is 0.489 e. The molecule has 1 aliphatic rings. The number of hydrogen-bond donors (Lipinski definition) is 1. The van der Waals surface area contributed by atoms with Gasteiger partial charge in [-0.3, -0.25) is 0 Å². The normalized spacial score (nSPS) is 20.2. The second kappa shape index (κ2) is 5.25. The van der Waals surface area contributed by atoms with Crippen molar-refractivity contribution < 1.29 is 8.92 Å². The maximum Gasteiger partial charge on any atom is 0.142 e. The minimum atomic E-state index is -1.07. The van der Waals surface area contributed by atoms with Gasteiger partial charge in [-0.2, -0.15) is 0 Å². The molecular weight excluding hydrogens is 258 g/mol. The van der Waals surface area contributed by atoms with E-state index in [1.165, 1.54) is 0 Å². The molecule has 0 bridgehead atoms. The Hall–Kier alpha value is -0.870. The van der Waals surface area contributed by atoms with Crippen molar-refractivity contribution in [1.82, 2.24) is 0 Å². The van der Waals surface area contributed by atoms with Crippen LogP contribution < -0.4 is 10.1 Å². The summed E-state index contributed by atoms with van der Waals surface area (Å²) in [5.74, 6) is 0.932. The zero-order valence-corrected chi connectivity index (χ0v) is 13.3. The molecule has 1 aromatic carbocycles. The first-order valence-corrected chi connectivity index (χ1v) is 9.03. The molecule has 3 nitrogen and oxygen atoms in total. The third-order valence-corrected chi connectivity index (χ3v) is 7.40. The van der Waals surface area contributed by atoms with Crippen molar-refractivity contribution in [2.24, 2.45) is 0 Å². The molecule has 0 saturated heterocycles. The topological polar surface area (TPSA) is 30.5 Å². The summed E-state index contributed by atoms with van der Waals surface area (Å²) in [4.78, 5) is 0. The molecule has 0 spiro atoms. The fourth-order valence-corrected chi connectivity index (χ4v) is 2.54. The number of fused-ring (bicyclic) bond motifs is 1. The van der Waals surface area contributed by atoms with Gasteiger partial charge in [0.15, 0.2) is 0 Å². The maximum absolute atomic E-state index is 6.19. The van der Waals surface area contributed by atoms with Crippen molar-refractivity contribution in [1.29, 1.82) is 0 Å². The Balaban J connectivity index is 1.93. The quantitative estimate of drug-likeness (QED) is 0.918. The van der Waals surface area contributed by atoms with Crippen LogP contribution >= 0.6 is 10.3 Å². The predicted molar refractivity (Wildman–Crippen MR) is 84.5 cm³/mol. The van der Waals surface area contributed by atoms with Crippen LogP contribution in [-0.4, -0.2) is 36.5 Å². The molecule has 1 aromatic rings. The fraction of sp³-hybridized carbons (Fsp3) is 0.600. The molecule has 108 valence electrons. The lowest BCUT2D eigenvalue weighted by Gasteiger charge is -2.44. The second-order valence-electron chi connectivity index (χ2n) is 6.28. The van der Waals surface area contributed by atoms with Gasteiger partial charge in [0, 0.05) is 4.75 Å². The van der Waals surface area contributed by atoms with E-state index in [1.807, 2.05) is 24.3 Å². The SMILES string of the molecule is CC(C)(C)S(C)(C)OCC1COc2ccccc2N1. The summed E-state index contributed by atoms with van der Waals surface area (Å²) in [6, 6.07) is 8.27. The zero-order valence-electron chi connectivity index (χ0n) is 12.5. The monoisotopic (exact) mass is 283 g/mol. The van der Waals surface area contributed by atoms with Crippen LogP contribution in [0.5, 0.6) is 5.75 Å². The number of ether oxygens (including phenoxy) is 1. The highest BCUT2D eigenvalue weighted by molar-refractivity contribution is 8.29. The van der Waals surface area contributed by atoms with E-state index in [4.69, 9.17) is 8.92 Å². The van der Waals surface area contributed by atoms with Crippen molar-refractivity contribution >= 4 is 16.0 Å². The van der Waals surface area contributed by atoms with Crippen molar-refractivity contribution in [3.05, 3.63) is 24.3 Å². The molecule has 1 heterocycles. The standard InChI is InChI=1S/C15H25NO2S/c1-15(2,3)19(4,5)18-11-12-10-17-14-9-7-6-8-13(14)16-12/h6-9,12,16H,10-11H2,1-5H3. The summed E-state index contributed by atoms with van der Waals surface area (Å²) in [6.07, 6.45) is 4.45. The van der Waals surface area contributed by atoms with Gasteiger partial charge in [-0.15, -0.1) is 10.3 Å². The van der Waals surface area contributed by atoms with Gasteiger partial charge >= 0.3 is 0 Å². The minimum absolute atomic E-state index is 0.195. The number of para-hydroxylation sites is 2. The van der Waals surface area contributed by atoms with E-state index in [0.717, 1.165) is 11.4 Å². The predicted octanol–water partition coefficient (Wildman–Crippen LogP) is 3.65. The molecule has 4 heteroatoms. The molecule has 1 atom stereocenters. The van der Waals surface area contributed by atoms with Crippen LogP contribution in [0.2, 0.25) is 0 Å². The summed E-state index contributed by atoms with van der Waals surface area (Å²) in [5.41, 5.74) is 1.06. The third-order valence-electron chi connectivity index (χ3n) is 3.73. The molecule has 0 saturated carbocycles. The number of anilines is 1. The molecular formula is C15H25NO2S. The average Bonchev–Trinajstić information content (AvgIpc) is 2.35. The highest BCUT2D eigenvalue weighted by Crippen LogP contribution is 2.53. The van der Waals surface area contributed by atoms with Crippen molar-refractivity contribution in [2.75, 3.05) is 31.0 Å². The van der Waals surface area contributed by atoms with Gasteiger partial charge in [-0.1, -0.05) is 32.9 Å². The first kappa shape index (κ1) is 14.5. The molecule has 0 fully saturated rings. The Morgan fingerprint density at radius 3 is 2.68 bits per heavy atom. The molecule has 0 radical (unpaired) electrons. The summed E-state index contributed by atoms with van der Waals surface area (Å²) in [6.45, 7) is 8.07. The first-order chi connectivity index (χ1) is 8.79. The highest BCUT2D eigenvalue weighted by atomic mass is 32.3. The van der Waals surface area contributed by atoms with Crippen LogP contribution in [0.15, 0.2) is 24.3 Å². The molecule has 1 aliphatic heterocycles. The van der Waals surface area contributed by atoms with Gasteiger partial charge in [-0.25, -0.2) is 0 Å². The Bertz CT molecular complexity index is 440. The Morgan fingerprint density at radius 1 is 1.32 bits per heavy atom. The average molecular weight is 283 g/mol. The van der Waals surface area contributed by atoms with E-state index in [-0.39, 0.29) is 10.8 Å². The summed E-state index contributed by atoms with van der Waals surface area (Å²) in [5, 5.41) is 3.48. The van der Waals surface area contributed by atoms with Crippen molar-refractivity contribution in [3.8, 4) is 5.75 Å². The van der Waals surface area contributed by atoms with Gasteiger partial charge in [-0.05, 0) is 24.6 Å². The van der Waals surface area contributed by atoms with E-state index in [9.17, 15) is 0 Å². The van der Waals surface area contributed by atoms with Crippen molar-refractivity contribution in [3.63, 3.8) is 0 Å². The first-order valence-electron chi connectivity index (χ1n) is 6.65. The van der Waals surface area contributed by atoms with Gasteiger partial charge < -0.3 is 14.2 Å². The molecule has 0 amide bonds. The maximum atomic E-state index is 6.19. The lowest BCUT2D eigenvalue weighted by Crippen LogP contribution is -2.37. The van der Waals surface area contributed by atoms with Crippen LogP contribution in [0, 0.1) is 0 Å². The minimum Gasteiger partial charge on any atom is -0.489 e. The van der Waals surface area contributed by atoms with Crippen LogP contribution in [0.3, 0.4) is 0 Å². The molecule has 19 heavy (non-hydrogen) atoms. The van der Waals surface area contributed by atoms with E-state index in [0.29, 0.717) is 13.2 Å². The van der Waals surface area contributed by atoms with Crippen LogP contribution in [-0.2, 0) is 4.18 Å². The summed E-state index contributed by atoms with van der Waals surface area (Å²) < 4.78 is 12.1. The van der Waals surface area contributed by atoms with Crippen LogP contribution in [0.4, 0.5) is 5.69 Å². The Labute approximate surface area is 118 Å². The summed E-state index contributed by atoms with van der Waals surface area (Å²) >= 11 is 0. The molecule has 0 aromatic heterocycles. The van der Waals surface area contributed by atoms with Gasteiger partial charge in [0.2, 0.25) is 0 Å². The molecule has 1 N–H and O–H groups in total. The Kier molecular flexibility index (Phi) is 4.02. The highest BCUT2D eigenvalue weighted by Gasteiger charge is 2.30. The zero-order chi connectivity index (χ0) is 14.1. The number of rotatable bonds is 3. The van der Waals surface area contributed by atoms with Crippen LogP contribution in [0.25, 0.3) is 0 Å². The van der Waals surface area contributed by atoms with E-state index in [2.05, 4.69) is 38.6 Å². The van der Waals surface area contributed by atoms with Crippen LogP contribution in [0.1, 0.15) is 20.8 Å². The number of nitrogens with one attached hydrogen (secondary N) is 1. The number of benzene rings is 1. The van der Waals surface area contributed by atoms with E-state index < -0.39 is 10.3 Å². The lowest BCUT2D eigenvalue weighted by molar-refractivity contribution is 0.231. The molecule has 2 rings (SSSR count).